The molecule has 98 valence electrons. The summed E-state index contributed by atoms with van der Waals surface area (Å²) in [4.78, 5) is 10.8. The lowest BCUT2D eigenvalue weighted by Gasteiger charge is -2.13. The van der Waals surface area contributed by atoms with Crippen LogP contribution in [-0.2, 0) is 11.4 Å². The fourth-order valence-corrected chi connectivity index (χ4v) is 1.74. The van der Waals surface area contributed by atoms with Crippen LogP contribution in [-0.4, -0.2) is 16.2 Å². The van der Waals surface area contributed by atoms with Crippen LogP contribution in [0.3, 0.4) is 0 Å². The van der Waals surface area contributed by atoms with E-state index >= 15 is 0 Å². The second-order valence-electron chi connectivity index (χ2n) is 4.04. The summed E-state index contributed by atoms with van der Waals surface area (Å²) in [7, 11) is 0. The number of aliphatic carboxylic acids is 1. The lowest BCUT2D eigenvalue weighted by atomic mass is 10.0. The molecule has 1 atom stereocenters. The van der Waals surface area contributed by atoms with Crippen LogP contribution < -0.4 is 4.74 Å². The molecule has 4 heteroatoms. The van der Waals surface area contributed by atoms with E-state index in [0.717, 1.165) is 0 Å². The molecule has 0 aliphatic rings. The number of para-hydroxylation sites is 1. The number of carboxylic acids is 1. The Morgan fingerprint density at radius 2 is 1.68 bits per heavy atom. The van der Waals surface area contributed by atoms with Crippen LogP contribution in [0.1, 0.15) is 17.2 Å². The van der Waals surface area contributed by atoms with E-state index in [0.29, 0.717) is 16.9 Å². The van der Waals surface area contributed by atoms with E-state index in [4.69, 9.17) is 9.84 Å². The first kappa shape index (κ1) is 13.1. The first-order valence-electron chi connectivity index (χ1n) is 5.85. The van der Waals surface area contributed by atoms with Crippen molar-refractivity contribution in [3.8, 4) is 5.75 Å². The Hall–Kier alpha value is -2.33. The summed E-state index contributed by atoms with van der Waals surface area (Å²) >= 11 is 0. The number of hydrogen-bond acceptors (Lipinski definition) is 3. The van der Waals surface area contributed by atoms with Crippen molar-refractivity contribution in [3.05, 3.63) is 65.7 Å². The van der Waals surface area contributed by atoms with Crippen molar-refractivity contribution in [3.63, 3.8) is 0 Å². The number of carboxylic acid groups (broad SMARTS) is 1. The molecule has 0 fully saturated rings. The lowest BCUT2D eigenvalue weighted by Crippen LogP contribution is -2.13. The summed E-state index contributed by atoms with van der Waals surface area (Å²) in [6.07, 6.45) is -1.53. The largest absolute Gasteiger partial charge is 0.489 e. The summed E-state index contributed by atoms with van der Waals surface area (Å²) < 4.78 is 5.56. The van der Waals surface area contributed by atoms with E-state index in [-0.39, 0.29) is 6.61 Å². The zero-order chi connectivity index (χ0) is 13.7. The third-order valence-electron chi connectivity index (χ3n) is 2.72. The molecule has 0 aliphatic carbocycles. The van der Waals surface area contributed by atoms with Crippen molar-refractivity contribution in [1.29, 1.82) is 0 Å². The maximum atomic E-state index is 10.8. The average molecular weight is 258 g/mol. The van der Waals surface area contributed by atoms with E-state index in [9.17, 15) is 9.90 Å². The minimum absolute atomic E-state index is 0.213. The predicted molar refractivity (Wildman–Crippen MR) is 69.8 cm³/mol. The van der Waals surface area contributed by atoms with E-state index in [1.54, 1.807) is 24.3 Å². The minimum Gasteiger partial charge on any atom is -0.489 e. The van der Waals surface area contributed by atoms with Gasteiger partial charge in [-0.2, -0.15) is 0 Å². The molecular weight excluding hydrogens is 244 g/mol. The molecular formula is C15H14O4. The van der Waals surface area contributed by atoms with Crippen molar-refractivity contribution < 1.29 is 19.7 Å². The van der Waals surface area contributed by atoms with Gasteiger partial charge in [0.2, 0.25) is 0 Å². The van der Waals surface area contributed by atoms with Gasteiger partial charge in [0.15, 0.2) is 6.10 Å². The monoisotopic (exact) mass is 258 g/mol. The summed E-state index contributed by atoms with van der Waals surface area (Å²) in [6, 6.07) is 16.0. The normalized spacial score (nSPS) is 11.8. The number of benzene rings is 2. The SMILES string of the molecule is O=C(O)C(O)c1ccccc1COc1ccccc1. The molecule has 0 amide bonds. The molecule has 2 rings (SSSR count). The predicted octanol–water partition coefficient (Wildman–Crippen LogP) is 2.38. The second kappa shape index (κ2) is 6.02. The van der Waals surface area contributed by atoms with Crippen molar-refractivity contribution in [2.75, 3.05) is 0 Å². The highest BCUT2D eigenvalue weighted by Gasteiger charge is 2.19. The molecule has 1 unspecified atom stereocenters. The van der Waals surface area contributed by atoms with Gasteiger partial charge in [0.25, 0.3) is 0 Å². The van der Waals surface area contributed by atoms with Gasteiger partial charge in [-0.15, -0.1) is 0 Å². The maximum absolute atomic E-state index is 10.8. The van der Waals surface area contributed by atoms with Gasteiger partial charge in [-0.1, -0.05) is 42.5 Å². The van der Waals surface area contributed by atoms with Crippen LogP contribution in [0, 0.1) is 0 Å². The van der Waals surface area contributed by atoms with E-state index in [1.165, 1.54) is 0 Å². The van der Waals surface area contributed by atoms with Gasteiger partial charge in [0.05, 0.1) is 0 Å². The number of hydrogen-bond donors (Lipinski definition) is 2. The van der Waals surface area contributed by atoms with Crippen LogP contribution in [0.2, 0.25) is 0 Å². The Morgan fingerprint density at radius 3 is 2.37 bits per heavy atom. The molecule has 0 aromatic heterocycles. The fourth-order valence-electron chi connectivity index (χ4n) is 1.74. The number of ether oxygens (including phenoxy) is 1. The highest BCUT2D eigenvalue weighted by atomic mass is 16.5. The van der Waals surface area contributed by atoms with Crippen LogP contribution in [0.25, 0.3) is 0 Å². The third kappa shape index (κ3) is 3.33. The molecule has 2 aromatic carbocycles. The number of aliphatic hydroxyl groups is 1. The Labute approximate surface area is 110 Å². The Bertz CT molecular complexity index is 551. The molecule has 0 spiro atoms. The summed E-state index contributed by atoms with van der Waals surface area (Å²) in [5, 5.41) is 18.5. The number of carbonyl (C=O) groups is 1. The van der Waals surface area contributed by atoms with Gasteiger partial charge < -0.3 is 14.9 Å². The average Bonchev–Trinajstić information content (AvgIpc) is 2.45. The van der Waals surface area contributed by atoms with Crippen molar-refractivity contribution in [2.24, 2.45) is 0 Å². The van der Waals surface area contributed by atoms with E-state index in [2.05, 4.69) is 0 Å². The molecule has 2 N–H and O–H groups in total. The second-order valence-corrected chi connectivity index (χ2v) is 4.04. The zero-order valence-electron chi connectivity index (χ0n) is 10.2. The molecule has 0 radical (unpaired) electrons. The van der Waals surface area contributed by atoms with E-state index < -0.39 is 12.1 Å². The first-order chi connectivity index (χ1) is 9.18. The van der Waals surface area contributed by atoms with Gasteiger partial charge in [-0.25, -0.2) is 4.79 Å². The molecule has 0 saturated carbocycles. The number of aliphatic hydroxyl groups excluding tert-OH is 1. The fraction of sp³-hybridized carbons (Fsp3) is 0.133. The van der Waals surface area contributed by atoms with Crippen molar-refractivity contribution >= 4 is 5.97 Å². The van der Waals surface area contributed by atoms with Gasteiger partial charge in [-0.3, -0.25) is 0 Å². The topological polar surface area (TPSA) is 66.8 Å². The third-order valence-corrected chi connectivity index (χ3v) is 2.72. The zero-order valence-corrected chi connectivity index (χ0v) is 10.2. The molecule has 0 bridgehead atoms. The molecule has 19 heavy (non-hydrogen) atoms. The van der Waals surface area contributed by atoms with Crippen LogP contribution in [0.5, 0.6) is 5.75 Å². The summed E-state index contributed by atoms with van der Waals surface area (Å²) in [6.45, 7) is 0.213. The quantitative estimate of drug-likeness (QED) is 0.864. The Morgan fingerprint density at radius 1 is 1.05 bits per heavy atom. The Balaban J connectivity index is 2.14. The standard InChI is InChI=1S/C15H14O4/c16-14(15(17)18)13-9-5-4-6-11(13)10-19-12-7-2-1-3-8-12/h1-9,14,16H,10H2,(H,17,18). The molecule has 0 heterocycles. The van der Waals surface area contributed by atoms with Gasteiger partial charge in [0, 0.05) is 0 Å². The first-order valence-corrected chi connectivity index (χ1v) is 5.85. The molecule has 0 aliphatic heterocycles. The molecule has 0 saturated heterocycles. The van der Waals surface area contributed by atoms with Gasteiger partial charge in [-0.05, 0) is 23.3 Å². The molecule has 2 aromatic rings. The van der Waals surface area contributed by atoms with Crippen LogP contribution in [0.15, 0.2) is 54.6 Å². The highest BCUT2D eigenvalue weighted by molar-refractivity contribution is 5.74. The Kier molecular flexibility index (Phi) is 4.15. The summed E-state index contributed by atoms with van der Waals surface area (Å²) in [5.41, 5.74) is 1.01. The summed E-state index contributed by atoms with van der Waals surface area (Å²) in [5.74, 6) is -0.575. The van der Waals surface area contributed by atoms with Crippen molar-refractivity contribution in [1.82, 2.24) is 0 Å². The van der Waals surface area contributed by atoms with Gasteiger partial charge >= 0.3 is 5.97 Å². The maximum Gasteiger partial charge on any atom is 0.337 e. The molecule has 4 nitrogen and oxygen atoms in total. The minimum atomic E-state index is -1.53. The number of rotatable bonds is 5. The van der Waals surface area contributed by atoms with Gasteiger partial charge in [0.1, 0.15) is 12.4 Å². The van der Waals surface area contributed by atoms with E-state index in [1.807, 2.05) is 30.3 Å². The van der Waals surface area contributed by atoms with Crippen LogP contribution >= 0.6 is 0 Å². The lowest BCUT2D eigenvalue weighted by molar-refractivity contribution is -0.147. The smallest absolute Gasteiger partial charge is 0.337 e. The van der Waals surface area contributed by atoms with Crippen molar-refractivity contribution in [2.45, 2.75) is 12.7 Å². The van der Waals surface area contributed by atoms with Crippen LogP contribution in [0.4, 0.5) is 0 Å². The highest BCUT2D eigenvalue weighted by Crippen LogP contribution is 2.20.